The number of ether oxygens (including phenoxy) is 1. The molecular weight excluding hydrogens is 268 g/mol. The predicted molar refractivity (Wildman–Crippen MR) is 56.5 cm³/mol. The molecule has 0 amide bonds. The molecule has 1 rings (SSSR count). The number of aldehydes is 1. The summed E-state index contributed by atoms with van der Waals surface area (Å²) in [4.78, 5) is 31.0. The van der Waals surface area contributed by atoms with Crippen LogP contribution in [0.25, 0.3) is 0 Å². The van der Waals surface area contributed by atoms with Gasteiger partial charge in [-0.25, -0.2) is 0 Å². The second kappa shape index (κ2) is 5.85. The van der Waals surface area contributed by atoms with E-state index in [2.05, 4.69) is 4.74 Å². The third-order valence-electron chi connectivity index (χ3n) is 2.09. The van der Waals surface area contributed by atoms with Crippen molar-refractivity contribution in [3.63, 3.8) is 0 Å². The lowest BCUT2D eigenvalue weighted by atomic mass is 10.1. The Morgan fingerprint density at radius 3 is 2.58 bits per heavy atom. The fraction of sp³-hybridized carbons (Fsp3) is 0.200. The number of carboxylic acid groups (broad SMARTS) is 1. The van der Waals surface area contributed by atoms with Gasteiger partial charge in [-0.3, -0.25) is 19.7 Å². The molecule has 0 aliphatic rings. The van der Waals surface area contributed by atoms with Crippen molar-refractivity contribution >= 4 is 17.9 Å². The normalized spacial score (nSPS) is 10.3. The summed E-state index contributed by atoms with van der Waals surface area (Å²) < 4.78 is 28.1. The number of nitro groups is 1. The molecule has 0 aliphatic heterocycles. The number of nitro benzene ring substituents is 1. The first-order valence-electron chi connectivity index (χ1n) is 4.78. The first-order chi connectivity index (χ1) is 8.85. The third kappa shape index (κ3) is 3.69. The van der Waals surface area contributed by atoms with Crippen LogP contribution in [0.1, 0.15) is 15.9 Å². The molecule has 1 aromatic rings. The zero-order chi connectivity index (χ0) is 14.6. The van der Waals surface area contributed by atoms with Crippen molar-refractivity contribution in [1.29, 1.82) is 0 Å². The van der Waals surface area contributed by atoms with Gasteiger partial charge in [-0.2, -0.15) is 8.78 Å². The van der Waals surface area contributed by atoms with Crippen molar-refractivity contribution < 1.29 is 33.1 Å². The lowest BCUT2D eigenvalue weighted by molar-refractivity contribution is -0.385. The van der Waals surface area contributed by atoms with Crippen molar-refractivity contribution in [3.05, 3.63) is 33.4 Å². The quantitative estimate of drug-likeness (QED) is 0.480. The van der Waals surface area contributed by atoms with Gasteiger partial charge in [-0.15, -0.1) is 0 Å². The molecule has 0 aromatic heterocycles. The molecular formula is C10H7F2NO6. The summed E-state index contributed by atoms with van der Waals surface area (Å²) in [5.74, 6) is -2.03. The van der Waals surface area contributed by atoms with Gasteiger partial charge < -0.3 is 9.84 Å². The lowest BCUT2D eigenvalue weighted by Gasteiger charge is -2.09. The van der Waals surface area contributed by atoms with Gasteiger partial charge in [-0.1, -0.05) is 0 Å². The van der Waals surface area contributed by atoms with Crippen LogP contribution < -0.4 is 4.74 Å². The van der Waals surface area contributed by atoms with E-state index in [4.69, 9.17) is 5.11 Å². The molecule has 19 heavy (non-hydrogen) atoms. The van der Waals surface area contributed by atoms with Gasteiger partial charge in [-0.05, 0) is 6.07 Å². The average molecular weight is 275 g/mol. The largest absolute Gasteiger partial charge is 0.481 e. The molecule has 0 spiro atoms. The minimum Gasteiger partial charge on any atom is -0.481 e. The van der Waals surface area contributed by atoms with Crippen LogP contribution in [0.3, 0.4) is 0 Å². The first-order valence-corrected chi connectivity index (χ1v) is 4.78. The molecule has 7 nitrogen and oxygen atoms in total. The average Bonchev–Trinajstić information content (AvgIpc) is 2.28. The number of carbonyl (C=O) groups is 2. The molecule has 1 N–H and O–H groups in total. The second-order valence-corrected chi connectivity index (χ2v) is 3.34. The number of carboxylic acids is 1. The molecule has 0 atom stereocenters. The number of carbonyl (C=O) groups excluding carboxylic acids is 1. The minimum absolute atomic E-state index is 0.146. The van der Waals surface area contributed by atoms with Gasteiger partial charge in [0.05, 0.1) is 23.0 Å². The zero-order valence-corrected chi connectivity index (χ0v) is 9.21. The highest BCUT2D eigenvalue weighted by molar-refractivity contribution is 5.82. The van der Waals surface area contributed by atoms with E-state index >= 15 is 0 Å². The Morgan fingerprint density at radius 2 is 2.16 bits per heavy atom. The smallest absolute Gasteiger partial charge is 0.387 e. The van der Waals surface area contributed by atoms with E-state index < -0.39 is 35.4 Å². The predicted octanol–water partition coefficient (Wildman–Crippen LogP) is 1.64. The van der Waals surface area contributed by atoms with Crippen LogP contribution >= 0.6 is 0 Å². The number of aliphatic carboxylic acids is 1. The Balaban J connectivity index is 3.36. The van der Waals surface area contributed by atoms with E-state index in [-0.39, 0.29) is 17.4 Å². The fourth-order valence-electron chi connectivity index (χ4n) is 1.40. The SMILES string of the molecule is O=Cc1cc(CC(=O)O)c([N+](=O)[O-])cc1OC(F)F. The van der Waals surface area contributed by atoms with Crippen LogP contribution in [0, 0.1) is 10.1 Å². The fourth-order valence-corrected chi connectivity index (χ4v) is 1.40. The van der Waals surface area contributed by atoms with E-state index in [1.807, 2.05) is 0 Å². The lowest BCUT2D eigenvalue weighted by Crippen LogP contribution is -2.08. The van der Waals surface area contributed by atoms with Crippen LogP contribution in [0.15, 0.2) is 12.1 Å². The molecule has 9 heteroatoms. The number of alkyl halides is 2. The van der Waals surface area contributed by atoms with E-state index in [0.717, 1.165) is 6.07 Å². The Hall–Kier alpha value is -2.58. The Labute approximate surface area is 104 Å². The summed E-state index contributed by atoms with van der Waals surface area (Å²) in [6, 6.07) is 1.45. The van der Waals surface area contributed by atoms with Crippen LogP contribution in [0.4, 0.5) is 14.5 Å². The molecule has 0 heterocycles. The number of benzene rings is 1. The number of halogens is 2. The molecule has 1 aromatic carbocycles. The van der Waals surface area contributed by atoms with Crippen molar-refractivity contribution in [2.24, 2.45) is 0 Å². The van der Waals surface area contributed by atoms with Crippen LogP contribution in [0.2, 0.25) is 0 Å². The number of hydrogen-bond acceptors (Lipinski definition) is 5. The summed E-state index contributed by atoms with van der Waals surface area (Å²) in [7, 11) is 0. The number of rotatable bonds is 6. The first kappa shape index (κ1) is 14.5. The van der Waals surface area contributed by atoms with Gasteiger partial charge in [0, 0.05) is 5.56 Å². The van der Waals surface area contributed by atoms with E-state index in [9.17, 15) is 28.5 Å². The van der Waals surface area contributed by atoms with Crippen molar-refractivity contribution in [2.45, 2.75) is 13.0 Å². The Kier molecular flexibility index (Phi) is 4.46. The monoisotopic (exact) mass is 275 g/mol. The van der Waals surface area contributed by atoms with Crippen LogP contribution in [0.5, 0.6) is 5.75 Å². The number of hydrogen-bond donors (Lipinski definition) is 1. The van der Waals surface area contributed by atoms with Crippen LogP contribution in [-0.2, 0) is 11.2 Å². The summed E-state index contributed by atoms with van der Waals surface area (Å²) >= 11 is 0. The van der Waals surface area contributed by atoms with Gasteiger partial charge >= 0.3 is 12.6 Å². The third-order valence-corrected chi connectivity index (χ3v) is 2.09. The highest BCUT2D eigenvalue weighted by Gasteiger charge is 2.22. The Morgan fingerprint density at radius 1 is 1.53 bits per heavy atom. The van der Waals surface area contributed by atoms with Crippen LogP contribution in [-0.4, -0.2) is 28.9 Å². The molecule has 0 radical (unpaired) electrons. The van der Waals surface area contributed by atoms with Gasteiger partial charge in [0.2, 0.25) is 0 Å². The molecule has 0 fully saturated rings. The molecule has 102 valence electrons. The maximum atomic E-state index is 12.1. The van der Waals surface area contributed by atoms with E-state index in [1.165, 1.54) is 0 Å². The molecule has 0 aliphatic carbocycles. The highest BCUT2D eigenvalue weighted by atomic mass is 19.3. The summed E-state index contributed by atoms with van der Waals surface area (Å²) in [5, 5.41) is 19.3. The standard InChI is InChI=1S/C10H7F2NO6/c11-10(12)19-8-3-7(13(17)18)5(2-9(15)16)1-6(8)4-14/h1,3-4,10H,2H2,(H,15,16). The van der Waals surface area contributed by atoms with Gasteiger partial charge in [0.15, 0.2) is 6.29 Å². The zero-order valence-electron chi connectivity index (χ0n) is 9.21. The maximum Gasteiger partial charge on any atom is 0.387 e. The van der Waals surface area contributed by atoms with E-state index in [0.29, 0.717) is 6.07 Å². The maximum absolute atomic E-state index is 12.1. The Bertz CT molecular complexity index is 531. The summed E-state index contributed by atoms with van der Waals surface area (Å²) in [6.07, 6.45) is -0.571. The second-order valence-electron chi connectivity index (χ2n) is 3.34. The molecule has 0 bridgehead atoms. The van der Waals surface area contributed by atoms with E-state index in [1.54, 1.807) is 0 Å². The molecule has 0 unspecified atom stereocenters. The minimum atomic E-state index is -3.26. The van der Waals surface area contributed by atoms with Crippen molar-refractivity contribution in [1.82, 2.24) is 0 Å². The van der Waals surface area contributed by atoms with Gasteiger partial charge in [0.25, 0.3) is 5.69 Å². The molecule has 0 saturated carbocycles. The highest BCUT2D eigenvalue weighted by Crippen LogP contribution is 2.29. The summed E-state index contributed by atoms with van der Waals surface area (Å²) in [6.45, 7) is -3.26. The topological polar surface area (TPSA) is 107 Å². The van der Waals surface area contributed by atoms with Gasteiger partial charge in [0.1, 0.15) is 5.75 Å². The number of nitrogens with zero attached hydrogens (tertiary/aromatic N) is 1. The summed E-state index contributed by atoms with van der Waals surface area (Å²) in [5.41, 5.74) is -1.37. The van der Waals surface area contributed by atoms with Crippen molar-refractivity contribution in [3.8, 4) is 5.75 Å². The molecule has 0 saturated heterocycles. The van der Waals surface area contributed by atoms with Crippen molar-refractivity contribution in [2.75, 3.05) is 0 Å².